The number of thioether (sulfide) groups is 1. The first-order chi connectivity index (χ1) is 9.61. The van der Waals surface area contributed by atoms with Crippen LogP contribution in [-0.4, -0.2) is 26.1 Å². The third-order valence-electron chi connectivity index (χ3n) is 2.70. The lowest BCUT2D eigenvalue weighted by Gasteiger charge is -2.15. The summed E-state index contributed by atoms with van der Waals surface area (Å²) in [4.78, 5) is 27.3. The minimum absolute atomic E-state index is 0.190. The monoisotopic (exact) mass is 309 g/mol. The third kappa shape index (κ3) is 3.49. The molecule has 0 aromatic carbocycles. The molecule has 1 fully saturated rings. The first-order valence-electron chi connectivity index (χ1n) is 6.32. The summed E-state index contributed by atoms with van der Waals surface area (Å²) in [6.07, 6.45) is 5.61. The van der Waals surface area contributed by atoms with Crippen LogP contribution < -0.4 is 5.43 Å². The van der Waals surface area contributed by atoms with Crippen molar-refractivity contribution < 1.29 is 9.59 Å². The number of aromatic nitrogens is 1. The molecule has 1 aliphatic rings. The lowest BCUT2D eigenvalue weighted by molar-refractivity contribution is -0.133. The van der Waals surface area contributed by atoms with Gasteiger partial charge in [-0.1, -0.05) is 25.1 Å². The Labute approximate surface area is 126 Å². The molecule has 1 aromatic heterocycles. The first kappa shape index (κ1) is 14.8. The average molecular weight is 309 g/mol. The molecule has 2 rings (SSSR count). The van der Waals surface area contributed by atoms with Gasteiger partial charge in [0.1, 0.15) is 0 Å². The number of nitrogens with one attached hydrogen (secondary N) is 2. The minimum atomic E-state index is -0.292. The molecule has 1 aliphatic heterocycles. The van der Waals surface area contributed by atoms with Gasteiger partial charge in [-0.2, -0.15) is 5.01 Å². The molecule has 2 heterocycles. The van der Waals surface area contributed by atoms with Gasteiger partial charge in [-0.15, -0.1) is 0 Å². The van der Waals surface area contributed by atoms with Gasteiger partial charge in [0.15, 0.2) is 4.32 Å². The molecular formula is C13H15N3O2S2. The Morgan fingerprint density at radius 3 is 3.05 bits per heavy atom. The SMILES string of the molecule is CCCCC(=O)NN1C(=O)/C(=C\c2ccc[nH]2)SC1=S. The number of carbonyl (C=O) groups is 2. The van der Waals surface area contributed by atoms with Crippen LogP contribution in [-0.2, 0) is 9.59 Å². The summed E-state index contributed by atoms with van der Waals surface area (Å²) in [6, 6.07) is 3.70. The van der Waals surface area contributed by atoms with Gasteiger partial charge < -0.3 is 4.98 Å². The van der Waals surface area contributed by atoms with E-state index in [0.29, 0.717) is 15.6 Å². The molecule has 20 heavy (non-hydrogen) atoms. The summed E-state index contributed by atoms with van der Waals surface area (Å²) >= 11 is 6.30. The fraction of sp³-hybridized carbons (Fsp3) is 0.308. The largest absolute Gasteiger partial charge is 0.362 e. The number of aromatic amines is 1. The lowest BCUT2D eigenvalue weighted by atomic mass is 10.2. The number of rotatable bonds is 5. The summed E-state index contributed by atoms with van der Waals surface area (Å²) in [7, 11) is 0. The number of amides is 2. The maximum Gasteiger partial charge on any atom is 0.285 e. The zero-order valence-electron chi connectivity index (χ0n) is 11.0. The van der Waals surface area contributed by atoms with Crippen molar-refractivity contribution in [2.75, 3.05) is 0 Å². The number of hydrazine groups is 1. The van der Waals surface area contributed by atoms with E-state index in [1.165, 1.54) is 11.8 Å². The van der Waals surface area contributed by atoms with E-state index in [2.05, 4.69) is 10.4 Å². The molecule has 0 atom stereocenters. The number of hydrogen-bond donors (Lipinski definition) is 2. The smallest absolute Gasteiger partial charge is 0.285 e. The second-order valence-electron chi connectivity index (χ2n) is 4.28. The highest BCUT2D eigenvalue weighted by Crippen LogP contribution is 2.31. The van der Waals surface area contributed by atoms with Crippen molar-refractivity contribution in [1.82, 2.24) is 15.4 Å². The van der Waals surface area contributed by atoms with Gasteiger partial charge in [0.05, 0.1) is 4.91 Å². The number of unbranched alkanes of at least 4 members (excludes halogenated alkanes) is 1. The zero-order chi connectivity index (χ0) is 14.5. The third-order valence-corrected chi connectivity index (χ3v) is 4.00. The van der Waals surface area contributed by atoms with Crippen molar-refractivity contribution >= 4 is 46.2 Å². The highest BCUT2D eigenvalue weighted by Gasteiger charge is 2.33. The molecule has 0 radical (unpaired) electrons. The van der Waals surface area contributed by atoms with E-state index in [1.807, 2.05) is 19.1 Å². The van der Waals surface area contributed by atoms with E-state index in [9.17, 15) is 9.59 Å². The first-order valence-corrected chi connectivity index (χ1v) is 7.55. The Hall–Kier alpha value is -1.60. The normalized spacial score (nSPS) is 17.1. The topological polar surface area (TPSA) is 65.2 Å². The highest BCUT2D eigenvalue weighted by atomic mass is 32.2. The van der Waals surface area contributed by atoms with E-state index in [4.69, 9.17) is 12.2 Å². The lowest BCUT2D eigenvalue weighted by Crippen LogP contribution is -2.44. The summed E-state index contributed by atoms with van der Waals surface area (Å²) in [5, 5.41) is 1.15. The molecule has 2 amide bonds. The van der Waals surface area contributed by atoms with Crippen LogP contribution in [0.25, 0.3) is 6.08 Å². The van der Waals surface area contributed by atoms with Crippen molar-refractivity contribution in [2.24, 2.45) is 0 Å². The number of nitrogens with zero attached hydrogens (tertiary/aromatic N) is 1. The van der Waals surface area contributed by atoms with Gasteiger partial charge in [-0.05, 0) is 36.8 Å². The van der Waals surface area contributed by atoms with Gasteiger partial charge in [0.25, 0.3) is 5.91 Å². The predicted molar refractivity (Wildman–Crippen MR) is 83.5 cm³/mol. The van der Waals surface area contributed by atoms with Gasteiger partial charge in [0.2, 0.25) is 5.91 Å². The summed E-state index contributed by atoms with van der Waals surface area (Å²) in [6.45, 7) is 2.01. The molecule has 0 unspecified atom stereocenters. The van der Waals surface area contributed by atoms with Crippen LogP contribution in [0.5, 0.6) is 0 Å². The quantitative estimate of drug-likeness (QED) is 0.648. The fourth-order valence-corrected chi connectivity index (χ4v) is 2.83. The second kappa shape index (κ2) is 6.71. The minimum Gasteiger partial charge on any atom is -0.362 e. The molecule has 106 valence electrons. The van der Waals surface area contributed by atoms with Gasteiger partial charge in [-0.25, -0.2) is 0 Å². The maximum atomic E-state index is 12.2. The van der Waals surface area contributed by atoms with E-state index in [-0.39, 0.29) is 11.8 Å². The van der Waals surface area contributed by atoms with Gasteiger partial charge in [0, 0.05) is 18.3 Å². The number of hydrogen-bond acceptors (Lipinski definition) is 4. The Kier molecular flexibility index (Phi) is 4.97. The van der Waals surface area contributed by atoms with E-state index < -0.39 is 0 Å². The Bertz CT molecular complexity index is 552. The van der Waals surface area contributed by atoms with Crippen LogP contribution in [0.4, 0.5) is 0 Å². The molecule has 0 saturated carbocycles. The Morgan fingerprint density at radius 1 is 1.60 bits per heavy atom. The Morgan fingerprint density at radius 2 is 2.40 bits per heavy atom. The number of H-pyrrole nitrogens is 1. The van der Waals surface area contributed by atoms with Crippen LogP contribution >= 0.6 is 24.0 Å². The van der Waals surface area contributed by atoms with Gasteiger partial charge >= 0.3 is 0 Å². The summed E-state index contributed by atoms with van der Waals surface area (Å²) < 4.78 is 0.345. The predicted octanol–water partition coefficient (Wildman–Crippen LogP) is 2.44. The van der Waals surface area contributed by atoms with E-state index in [1.54, 1.807) is 12.3 Å². The van der Waals surface area contributed by atoms with Crippen LogP contribution in [0.15, 0.2) is 23.2 Å². The van der Waals surface area contributed by atoms with Crippen LogP contribution in [0.3, 0.4) is 0 Å². The van der Waals surface area contributed by atoms with Crippen molar-refractivity contribution in [3.63, 3.8) is 0 Å². The molecule has 5 nitrogen and oxygen atoms in total. The van der Waals surface area contributed by atoms with E-state index >= 15 is 0 Å². The van der Waals surface area contributed by atoms with Crippen molar-refractivity contribution in [3.8, 4) is 0 Å². The molecule has 1 aromatic rings. The highest BCUT2D eigenvalue weighted by molar-refractivity contribution is 8.26. The van der Waals surface area contributed by atoms with Crippen LogP contribution in [0, 0.1) is 0 Å². The molecule has 0 aliphatic carbocycles. The summed E-state index contributed by atoms with van der Waals surface area (Å²) in [5.41, 5.74) is 3.38. The Balaban J connectivity index is 2.04. The van der Waals surface area contributed by atoms with Crippen molar-refractivity contribution in [2.45, 2.75) is 26.2 Å². The number of thiocarbonyl (C=S) groups is 1. The average Bonchev–Trinajstić information content (AvgIpc) is 3.01. The molecule has 0 spiro atoms. The standard InChI is InChI=1S/C13H15N3O2S2/c1-2-3-6-11(17)15-16-12(18)10(20-13(16)19)8-9-5-4-7-14-9/h4-5,7-8,14H,2-3,6H2,1H3,(H,15,17)/b10-8+. The molecular weight excluding hydrogens is 294 g/mol. The maximum absolute atomic E-state index is 12.2. The zero-order valence-corrected chi connectivity index (χ0v) is 12.6. The molecule has 2 N–H and O–H groups in total. The molecule has 1 saturated heterocycles. The van der Waals surface area contributed by atoms with Crippen LogP contribution in [0.1, 0.15) is 31.9 Å². The molecule has 0 bridgehead atoms. The van der Waals surface area contributed by atoms with Crippen molar-refractivity contribution in [1.29, 1.82) is 0 Å². The fourth-order valence-electron chi connectivity index (χ4n) is 1.66. The van der Waals surface area contributed by atoms with E-state index in [0.717, 1.165) is 23.5 Å². The van der Waals surface area contributed by atoms with Crippen molar-refractivity contribution in [3.05, 3.63) is 28.9 Å². The van der Waals surface area contributed by atoms with Gasteiger partial charge in [-0.3, -0.25) is 15.0 Å². The summed E-state index contributed by atoms with van der Waals surface area (Å²) in [5.74, 6) is -0.483. The molecule has 7 heteroatoms. The number of carbonyl (C=O) groups excluding carboxylic acids is 2. The second-order valence-corrected chi connectivity index (χ2v) is 5.96. The van der Waals surface area contributed by atoms with Crippen LogP contribution in [0.2, 0.25) is 0 Å².